The van der Waals surface area contributed by atoms with E-state index in [1.54, 1.807) is 0 Å². The molecule has 0 amide bonds. The zero-order valence-corrected chi connectivity index (χ0v) is 6.70. The first-order chi connectivity index (χ1) is 5.33. The summed E-state index contributed by atoms with van der Waals surface area (Å²) >= 11 is 0. The van der Waals surface area contributed by atoms with Crippen molar-refractivity contribution in [3.8, 4) is 0 Å². The van der Waals surface area contributed by atoms with E-state index in [0.29, 0.717) is 12.8 Å². The molecule has 1 fully saturated rings. The summed E-state index contributed by atoms with van der Waals surface area (Å²) in [4.78, 5) is 12.2. The Labute approximate surface area is 67.0 Å². The van der Waals surface area contributed by atoms with Gasteiger partial charge in [-0.15, -0.1) is 0 Å². The normalized spacial score (nSPS) is 23.0. The van der Waals surface area contributed by atoms with Crippen LogP contribution in [0, 0.1) is 0 Å². The van der Waals surface area contributed by atoms with Gasteiger partial charge in [-0.1, -0.05) is 6.42 Å². The number of aliphatic hydroxyl groups excluding tert-OH is 1. The molecule has 1 rings (SSSR count). The Morgan fingerprint density at radius 1 is 1.36 bits per heavy atom. The standard InChI is InChI=1S/C8H15NO2/c10-7-8(11)6-9-4-2-1-3-5-9/h7-8,11H,1-6H2. The maximum atomic E-state index is 10.1. The van der Waals surface area contributed by atoms with Crippen LogP contribution in [0.1, 0.15) is 19.3 Å². The first kappa shape index (κ1) is 8.68. The minimum atomic E-state index is -0.784. The summed E-state index contributed by atoms with van der Waals surface area (Å²) in [6.07, 6.45) is 3.51. The Balaban J connectivity index is 2.18. The molecule has 0 bridgehead atoms. The lowest BCUT2D eigenvalue weighted by molar-refractivity contribution is -0.115. The van der Waals surface area contributed by atoms with Gasteiger partial charge >= 0.3 is 0 Å². The minimum Gasteiger partial charge on any atom is -0.384 e. The Morgan fingerprint density at radius 3 is 2.55 bits per heavy atom. The first-order valence-corrected chi connectivity index (χ1v) is 4.18. The lowest BCUT2D eigenvalue weighted by atomic mass is 10.1. The van der Waals surface area contributed by atoms with Crippen molar-refractivity contribution in [1.82, 2.24) is 4.90 Å². The fourth-order valence-electron chi connectivity index (χ4n) is 1.45. The van der Waals surface area contributed by atoms with Crippen LogP contribution in [0.25, 0.3) is 0 Å². The third-order valence-electron chi connectivity index (χ3n) is 2.05. The molecule has 0 saturated carbocycles. The van der Waals surface area contributed by atoms with Crippen LogP contribution in [-0.4, -0.2) is 42.0 Å². The fourth-order valence-corrected chi connectivity index (χ4v) is 1.45. The zero-order chi connectivity index (χ0) is 8.10. The molecule has 0 spiro atoms. The molecule has 1 atom stereocenters. The van der Waals surface area contributed by atoms with Gasteiger partial charge in [0.2, 0.25) is 0 Å². The molecule has 1 aliphatic rings. The lowest BCUT2D eigenvalue weighted by Gasteiger charge is -2.26. The molecule has 3 nitrogen and oxygen atoms in total. The van der Waals surface area contributed by atoms with Crippen LogP contribution in [-0.2, 0) is 4.79 Å². The third kappa shape index (κ3) is 2.99. The van der Waals surface area contributed by atoms with Crippen LogP contribution in [0.15, 0.2) is 0 Å². The van der Waals surface area contributed by atoms with E-state index in [4.69, 9.17) is 5.11 Å². The van der Waals surface area contributed by atoms with Crippen molar-refractivity contribution in [2.24, 2.45) is 0 Å². The summed E-state index contributed by atoms with van der Waals surface area (Å²) in [6.45, 7) is 2.58. The van der Waals surface area contributed by atoms with Gasteiger partial charge in [0.1, 0.15) is 12.4 Å². The smallest absolute Gasteiger partial charge is 0.149 e. The first-order valence-electron chi connectivity index (χ1n) is 4.18. The van der Waals surface area contributed by atoms with Crippen molar-refractivity contribution < 1.29 is 9.90 Å². The largest absolute Gasteiger partial charge is 0.384 e. The van der Waals surface area contributed by atoms with Crippen LogP contribution in [0.5, 0.6) is 0 Å². The number of aldehydes is 1. The minimum absolute atomic E-state index is 0.517. The Kier molecular flexibility index (Phi) is 3.52. The summed E-state index contributed by atoms with van der Waals surface area (Å²) < 4.78 is 0. The van der Waals surface area contributed by atoms with E-state index in [9.17, 15) is 4.79 Å². The fraction of sp³-hybridized carbons (Fsp3) is 0.875. The van der Waals surface area contributed by atoms with Crippen LogP contribution in [0.3, 0.4) is 0 Å². The summed E-state index contributed by atoms with van der Waals surface area (Å²) in [6, 6.07) is 0. The Bertz CT molecular complexity index is 121. The maximum absolute atomic E-state index is 10.1. The molecule has 1 unspecified atom stereocenters. The molecular weight excluding hydrogens is 142 g/mol. The second-order valence-corrected chi connectivity index (χ2v) is 3.06. The van der Waals surface area contributed by atoms with Crippen molar-refractivity contribution >= 4 is 6.29 Å². The van der Waals surface area contributed by atoms with E-state index in [-0.39, 0.29) is 0 Å². The van der Waals surface area contributed by atoms with Crippen molar-refractivity contribution in [3.05, 3.63) is 0 Å². The maximum Gasteiger partial charge on any atom is 0.149 e. The van der Waals surface area contributed by atoms with Gasteiger partial charge < -0.3 is 14.8 Å². The van der Waals surface area contributed by atoms with Gasteiger partial charge in [0.25, 0.3) is 0 Å². The van der Waals surface area contributed by atoms with Crippen LogP contribution >= 0.6 is 0 Å². The molecular formula is C8H15NO2. The summed E-state index contributed by atoms with van der Waals surface area (Å²) in [5, 5.41) is 9.00. The second kappa shape index (κ2) is 4.46. The highest BCUT2D eigenvalue weighted by atomic mass is 16.3. The number of carbonyl (C=O) groups is 1. The van der Waals surface area contributed by atoms with Crippen LogP contribution < -0.4 is 0 Å². The number of nitrogens with zero attached hydrogens (tertiary/aromatic N) is 1. The third-order valence-corrected chi connectivity index (χ3v) is 2.05. The SMILES string of the molecule is O=CC(O)CN1CCCCC1. The van der Waals surface area contributed by atoms with Gasteiger partial charge in [-0.3, -0.25) is 0 Å². The predicted molar refractivity (Wildman–Crippen MR) is 42.4 cm³/mol. The molecule has 1 heterocycles. The highest BCUT2D eigenvalue weighted by molar-refractivity contribution is 5.55. The number of hydrogen-bond donors (Lipinski definition) is 1. The average molecular weight is 157 g/mol. The predicted octanol–water partition coefficient (Wildman–Crippen LogP) is 0.0321. The zero-order valence-electron chi connectivity index (χ0n) is 6.70. The van der Waals surface area contributed by atoms with E-state index in [2.05, 4.69) is 4.90 Å². The van der Waals surface area contributed by atoms with E-state index < -0.39 is 6.10 Å². The van der Waals surface area contributed by atoms with Gasteiger partial charge in [0.05, 0.1) is 0 Å². The second-order valence-electron chi connectivity index (χ2n) is 3.06. The molecule has 0 radical (unpaired) electrons. The van der Waals surface area contributed by atoms with Gasteiger partial charge in [-0.25, -0.2) is 0 Å². The molecule has 1 N–H and O–H groups in total. The summed E-state index contributed by atoms with van der Waals surface area (Å²) in [5.74, 6) is 0. The van der Waals surface area contributed by atoms with Crippen LogP contribution in [0.4, 0.5) is 0 Å². The molecule has 1 aliphatic heterocycles. The number of carbonyl (C=O) groups excluding carboxylic acids is 1. The van der Waals surface area contributed by atoms with Gasteiger partial charge in [-0.05, 0) is 25.9 Å². The number of likely N-dealkylation sites (tertiary alicyclic amines) is 1. The molecule has 1 saturated heterocycles. The van der Waals surface area contributed by atoms with Crippen LogP contribution in [0.2, 0.25) is 0 Å². The lowest BCUT2D eigenvalue weighted by Crippen LogP contribution is -2.36. The van der Waals surface area contributed by atoms with E-state index in [0.717, 1.165) is 13.1 Å². The molecule has 3 heteroatoms. The molecule has 0 aromatic carbocycles. The average Bonchev–Trinajstić information content (AvgIpc) is 2.06. The van der Waals surface area contributed by atoms with Crippen molar-refractivity contribution in [2.45, 2.75) is 25.4 Å². The number of piperidine rings is 1. The number of rotatable bonds is 3. The van der Waals surface area contributed by atoms with Gasteiger partial charge in [0, 0.05) is 6.54 Å². The van der Waals surface area contributed by atoms with E-state index >= 15 is 0 Å². The van der Waals surface area contributed by atoms with E-state index in [1.807, 2.05) is 0 Å². The van der Waals surface area contributed by atoms with Crippen molar-refractivity contribution in [1.29, 1.82) is 0 Å². The van der Waals surface area contributed by atoms with Crippen molar-refractivity contribution in [3.63, 3.8) is 0 Å². The Morgan fingerprint density at radius 2 is 2.00 bits per heavy atom. The van der Waals surface area contributed by atoms with Crippen molar-refractivity contribution in [2.75, 3.05) is 19.6 Å². The monoisotopic (exact) mass is 157 g/mol. The molecule has 0 aromatic heterocycles. The highest BCUT2D eigenvalue weighted by Crippen LogP contribution is 2.08. The summed E-state index contributed by atoms with van der Waals surface area (Å²) in [5.41, 5.74) is 0. The number of β-amino-alcohol motifs (C(OH)–C–C–N with tert-alkyl or cyclic N) is 1. The molecule has 0 aliphatic carbocycles. The molecule has 11 heavy (non-hydrogen) atoms. The molecule has 64 valence electrons. The quantitative estimate of drug-likeness (QED) is 0.588. The number of aliphatic hydroxyl groups is 1. The highest BCUT2D eigenvalue weighted by Gasteiger charge is 2.13. The van der Waals surface area contributed by atoms with E-state index in [1.165, 1.54) is 19.3 Å². The number of hydrogen-bond acceptors (Lipinski definition) is 3. The Hall–Kier alpha value is -0.410. The van der Waals surface area contributed by atoms with Gasteiger partial charge in [-0.2, -0.15) is 0 Å². The molecule has 0 aromatic rings. The topological polar surface area (TPSA) is 40.5 Å². The van der Waals surface area contributed by atoms with Gasteiger partial charge in [0.15, 0.2) is 0 Å². The summed E-state index contributed by atoms with van der Waals surface area (Å²) in [7, 11) is 0.